The summed E-state index contributed by atoms with van der Waals surface area (Å²) in [4.78, 5) is 45.2. The van der Waals surface area contributed by atoms with E-state index in [4.69, 9.17) is 4.74 Å². The number of urea groups is 1. The average molecular weight is 430 g/mol. The molecule has 3 saturated heterocycles. The number of nitrogens with one attached hydrogen (secondary N) is 1. The van der Waals surface area contributed by atoms with Crippen LogP contribution in [0, 0.1) is 19.8 Å². The van der Waals surface area contributed by atoms with E-state index in [9.17, 15) is 14.4 Å². The van der Waals surface area contributed by atoms with Gasteiger partial charge in [0, 0.05) is 25.8 Å². The SMILES string of the molecule is CCOC(=O)CN1C(=O)C2C(NC3N(c4ccc(C)c(C)c4)CC(C)CN23)N(C)C1=O. The number of fused-ring (bicyclic) bond motifs is 3. The molecule has 0 radical (unpaired) electrons. The van der Waals surface area contributed by atoms with Crippen LogP contribution in [0.3, 0.4) is 0 Å². The highest BCUT2D eigenvalue weighted by molar-refractivity contribution is 6.02. The molecule has 0 spiro atoms. The molecule has 0 aromatic heterocycles. The van der Waals surface area contributed by atoms with E-state index < -0.39 is 24.2 Å². The Kier molecular flexibility index (Phi) is 5.65. The Bertz CT molecular complexity index is 906. The highest BCUT2D eigenvalue weighted by atomic mass is 16.5. The van der Waals surface area contributed by atoms with Crippen molar-refractivity contribution in [3.8, 4) is 0 Å². The van der Waals surface area contributed by atoms with E-state index in [0.717, 1.165) is 23.7 Å². The molecule has 3 aliphatic rings. The minimum atomic E-state index is -0.581. The molecule has 1 aromatic carbocycles. The predicted octanol–water partition coefficient (Wildman–Crippen LogP) is 1.10. The summed E-state index contributed by atoms with van der Waals surface area (Å²) in [5.41, 5.74) is 3.52. The van der Waals surface area contributed by atoms with Crippen molar-refractivity contribution in [2.24, 2.45) is 5.92 Å². The van der Waals surface area contributed by atoms with Gasteiger partial charge in [-0.1, -0.05) is 13.0 Å². The van der Waals surface area contributed by atoms with Gasteiger partial charge in [0.05, 0.1) is 6.61 Å². The lowest BCUT2D eigenvalue weighted by Gasteiger charge is -2.46. The fourth-order valence-electron chi connectivity index (χ4n) is 4.80. The number of likely N-dealkylation sites (N-methyl/N-ethyl adjacent to an activating group) is 1. The van der Waals surface area contributed by atoms with Crippen molar-refractivity contribution in [1.82, 2.24) is 20.0 Å². The number of amides is 3. The van der Waals surface area contributed by atoms with Gasteiger partial charge < -0.3 is 14.5 Å². The summed E-state index contributed by atoms with van der Waals surface area (Å²) >= 11 is 0. The van der Waals surface area contributed by atoms with Crippen LogP contribution in [0.5, 0.6) is 0 Å². The Hall–Kier alpha value is -2.65. The second kappa shape index (κ2) is 8.12. The summed E-state index contributed by atoms with van der Waals surface area (Å²) in [6, 6.07) is 5.33. The number of carbonyl (C=O) groups is 3. The van der Waals surface area contributed by atoms with Crippen LogP contribution < -0.4 is 10.2 Å². The number of esters is 1. The standard InChI is InChI=1S/C22H31N5O4/c1-6-31-17(28)12-27-20(29)18-19(24(5)22(27)30)23-21-25(10-13(2)11-26(18)21)16-8-7-14(3)15(4)9-16/h7-9,13,18-19,21,23H,6,10-12H2,1-5H3. The normalized spacial score (nSPS) is 28.6. The number of carbonyl (C=O) groups excluding carboxylic acids is 3. The number of aryl methyl sites for hydroxylation is 2. The molecule has 3 amide bonds. The minimum absolute atomic E-state index is 0.204. The first-order chi connectivity index (χ1) is 14.7. The molecule has 4 rings (SSSR count). The van der Waals surface area contributed by atoms with Crippen molar-refractivity contribution >= 4 is 23.6 Å². The molecular weight excluding hydrogens is 398 g/mol. The molecule has 4 atom stereocenters. The monoisotopic (exact) mass is 429 g/mol. The Morgan fingerprint density at radius 2 is 1.94 bits per heavy atom. The van der Waals surface area contributed by atoms with Crippen LogP contribution in [0.15, 0.2) is 18.2 Å². The molecule has 1 N–H and O–H groups in total. The van der Waals surface area contributed by atoms with Crippen molar-refractivity contribution < 1.29 is 19.1 Å². The third-order valence-electron chi connectivity index (χ3n) is 6.50. The summed E-state index contributed by atoms with van der Waals surface area (Å²) in [5, 5.41) is 3.50. The third kappa shape index (κ3) is 3.65. The maximum atomic E-state index is 13.4. The van der Waals surface area contributed by atoms with E-state index in [1.165, 1.54) is 16.0 Å². The highest BCUT2D eigenvalue weighted by Crippen LogP contribution is 2.34. The first-order valence-electron chi connectivity index (χ1n) is 10.8. The number of hydrogen-bond donors (Lipinski definition) is 1. The fraction of sp³-hybridized carbons (Fsp3) is 0.591. The lowest BCUT2D eigenvalue weighted by atomic mass is 10.0. The van der Waals surface area contributed by atoms with Crippen molar-refractivity contribution in [3.63, 3.8) is 0 Å². The quantitative estimate of drug-likeness (QED) is 0.718. The number of imide groups is 1. The zero-order valence-electron chi connectivity index (χ0n) is 18.8. The van der Waals surface area contributed by atoms with Gasteiger partial charge in [0.15, 0.2) is 0 Å². The largest absolute Gasteiger partial charge is 0.465 e. The minimum Gasteiger partial charge on any atom is -0.465 e. The molecule has 3 fully saturated rings. The molecule has 9 heteroatoms. The molecule has 3 heterocycles. The highest BCUT2D eigenvalue weighted by Gasteiger charge is 2.57. The van der Waals surface area contributed by atoms with E-state index in [-0.39, 0.29) is 25.3 Å². The first kappa shape index (κ1) is 21.6. The van der Waals surface area contributed by atoms with Crippen LogP contribution in [0.2, 0.25) is 0 Å². The number of ether oxygens (including phenoxy) is 1. The van der Waals surface area contributed by atoms with Crippen LogP contribution in [-0.2, 0) is 14.3 Å². The summed E-state index contributed by atoms with van der Waals surface area (Å²) < 4.78 is 4.97. The van der Waals surface area contributed by atoms with Gasteiger partial charge >= 0.3 is 12.0 Å². The van der Waals surface area contributed by atoms with E-state index in [1.807, 2.05) is 0 Å². The van der Waals surface area contributed by atoms with Crippen LogP contribution in [0.4, 0.5) is 10.5 Å². The van der Waals surface area contributed by atoms with E-state index in [0.29, 0.717) is 5.92 Å². The fourth-order valence-corrected chi connectivity index (χ4v) is 4.80. The number of rotatable bonds is 4. The molecule has 0 saturated carbocycles. The van der Waals surface area contributed by atoms with Crippen LogP contribution in [0.1, 0.15) is 25.0 Å². The van der Waals surface area contributed by atoms with Crippen molar-refractivity contribution in [2.45, 2.75) is 46.2 Å². The molecule has 168 valence electrons. The van der Waals surface area contributed by atoms with E-state index >= 15 is 0 Å². The second-order valence-electron chi connectivity index (χ2n) is 8.78. The Morgan fingerprint density at radius 3 is 2.61 bits per heavy atom. The summed E-state index contributed by atoms with van der Waals surface area (Å²) in [5.74, 6) is -0.611. The molecular formula is C22H31N5O4. The van der Waals surface area contributed by atoms with Gasteiger partial charge in [-0.3, -0.25) is 24.7 Å². The zero-order chi connectivity index (χ0) is 22.4. The van der Waals surface area contributed by atoms with Gasteiger partial charge in [-0.2, -0.15) is 0 Å². The van der Waals surface area contributed by atoms with Gasteiger partial charge in [-0.15, -0.1) is 0 Å². The second-order valence-corrected chi connectivity index (χ2v) is 8.78. The number of nitrogens with zero attached hydrogens (tertiary/aromatic N) is 4. The van der Waals surface area contributed by atoms with Crippen molar-refractivity contribution in [1.29, 1.82) is 0 Å². The van der Waals surface area contributed by atoms with E-state index in [2.05, 4.69) is 54.1 Å². The molecule has 1 aromatic rings. The van der Waals surface area contributed by atoms with E-state index in [1.54, 1.807) is 14.0 Å². The number of benzene rings is 1. The molecule has 9 nitrogen and oxygen atoms in total. The Morgan fingerprint density at radius 1 is 1.19 bits per heavy atom. The number of anilines is 1. The van der Waals surface area contributed by atoms with Crippen LogP contribution in [0.25, 0.3) is 0 Å². The lowest BCUT2D eigenvalue weighted by Crippen LogP contribution is -2.67. The van der Waals surface area contributed by atoms with Crippen LogP contribution in [-0.4, -0.2) is 84.4 Å². The summed E-state index contributed by atoms with van der Waals surface area (Å²) in [7, 11) is 1.67. The number of hydrogen-bond acceptors (Lipinski definition) is 7. The molecule has 31 heavy (non-hydrogen) atoms. The topological polar surface area (TPSA) is 85.4 Å². The molecule has 0 aliphatic carbocycles. The molecule has 0 bridgehead atoms. The average Bonchev–Trinajstić information content (AvgIpc) is 3.11. The van der Waals surface area contributed by atoms with Gasteiger partial charge in [-0.25, -0.2) is 4.79 Å². The zero-order valence-corrected chi connectivity index (χ0v) is 18.8. The maximum absolute atomic E-state index is 13.4. The first-order valence-corrected chi connectivity index (χ1v) is 10.8. The Balaban J connectivity index is 1.64. The van der Waals surface area contributed by atoms with Crippen molar-refractivity contribution in [3.05, 3.63) is 29.3 Å². The molecule has 3 aliphatic heterocycles. The van der Waals surface area contributed by atoms with Crippen molar-refractivity contribution in [2.75, 3.05) is 38.2 Å². The summed E-state index contributed by atoms with van der Waals surface area (Å²) in [6.45, 7) is 9.44. The van der Waals surface area contributed by atoms with Crippen LogP contribution >= 0.6 is 0 Å². The smallest absolute Gasteiger partial charge is 0.328 e. The lowest BCUT2D eigenvalue weighted by molar-refractivity contribution is -0.151. The Labute approximate surface area is 182 Å². The van der Waals surface area contributed by atoms with Gasteiger partial charge in [0.2, 0.25) is 0 Å². The third-order valence-corrected chi connectivity index (χ3v) is 6.50. The molecule has 4 unspecified atom stereocenters. The summed E-state index contributed by atoms with van der Waals surface area (Å²) in [6.07, 6.45) is -0.669. The van der Waals surface area contributed by atoms with Gasteiger partial charge in [0.1, 0.15) is 25.0 Å². The predicted molar refractivity (Wildman–Crippen MR) is 115 cm³/mol. The van der Waals surface area contributed by atoms with Gasteiger partial charge in [0.25, 0.3) is 5.91 Å². The van der Waals surface area contributed by atoms with Gasteiger partial charge in [-0.05, 0) is 49.9 Å². The maximum Gasteiger partial charge on any atom is 0.328 e.